The van der Waals surface area contributed by atoms with Crippen LogP contribution in [0.5, 0.6) is 0 Å². The summed E-state index contributed by atoms with van der Waals surface area (Å²) < 4.78 is 0. The molecule has 3 heteroatoms. The average Bonchev–Trinajstić information content (AvgIpc) is 1.86. The first kappa shape index (κ1) is 4.05. The van der Waals surface area contributed by atoms with Crippen molar-refractivity contribution in [2.45, 2.75) is 6.42 Å². The molecule has 0 spiro atoms. The predicted molar refractivity (Wildman–Crippen MR) is 20.4 cm³/mol. The second-order valence-electron chi connectivity index (χ2n) is 1.29. The fraction of sp³-hybridized carbons (Fsp3) is 1.00. The van der Waals surface area contributed by atoms with Crippen LogP contribution in [-0.2, 0) is 4.84 Å². The first-order valence-corrected chi connectivity index (χ1v) is 2.01. The molecule has 1 radical (unpaired) electrons. The van der Waals surface area contributed by atoms with Gasteiger partial charge in [-0.05, 0) is 6.42 Å². The largest absolute Gasteiger partial charge is 0.283 e. The third kappa shape index (κ3) is 0.680. The Bertz CT molecular complexity index is 42.1. The Morgan fingerprint density at radius 1 is 1.67 bits per heavy atom. The first-order valence-electron chi connectivity index (χ1n) is 2.01. The minimum atomic E-state index is 0.726. The Labute approximate surface area is 36.6 Å². The lowest BCUT2D eigenvalue weighted by Crippen LogP contribution is -2.13. The summed E-state index contributed by atoms with van der Waals surface area (Å²) in [5.74, 6) is 6.74. The molecule has 1 N–H and O–H groups in total. The molecule has 1 heterocycles. The van der Waals surface area contributed by atoms with E-state index in [0.29, 0.717) is 0 Å². The number of nitrogens with one attached hydrogen (secondary N) is 1. The molecule has 3 nitrogen and oxygen atoms in total. The molecular weight excluding hydrogens is 80.0 g/mol. The zero-order valence-corrected chi connectivity index (χ0v) is 3.48. The topological polar surface area (TPSA) is 36.3 Å². The van der Waals surface area contributed by atoms with E-state index in [2.05, 4.69) is 4.84 Å². The molecule has 1 rings (SSSR count). The summed E-state index contributed by atoms with van der Waals surface area (Å²) in [6.07, 6.45) is 1.00. The van der Waals surface area contributed by atoms with Gasteiger partial charge in [0.2, 0.25) is 0 Å². The van der Waals surface area contributed by atoms with Gasteiger partial charge in [0.05, 0.1) is 6.61 Å². The summed E-state index contributed by atoms with van der Waals surface area (Å²) in [6, 6.07) is 0. The van der Waals surface area contributed by atoms with Gasteiger partial charge >= 0.3 is 0 Å². The lowest BCUT2D eigenvalue weighted by Gasteiger charge is -1.98. The van der Waals surface area contributed by atoms with E-state index in [1.54, 1.807) is 0 Å². The molecule has 35 valence electrons. The summed E-state index contributed by atoms with van der Waals surface area (Å²) in [7, 11) is 0. The van der Waals surface area contributed by atoms with Crippen LogP contribution in [0, 0.1) is 0 Å². The van der Waals surface area contributed by atoms with Crippen molar-refractivity contribution in [1.29, 1.82) is 0 Å². The van der Waals surface area contributed by atoms with Gasteiger partial charge in [0, 0.05) is 6.54 Å². The molecular formula is C3H7N2O. The monoisotopic (exact) mass is 87.1 g/mol. The van der Waals surface area contributed by atoms with Crippen molar-refractivity contribution >= 4 is 0 Å². The maximum absolute atomic E-state index is 6.74. The molecule has 1 aliphatic heterocycles. The molecule has 0 bridgehead atoms. The lowest BCUT2D eigenvalue weighted by molar-refractivity contribution is -0.120. The SMILES string of the molecule is [NH]N1CCCO1. The van der Waals surface area contributed by atoms with Crippen LogP contribution in [-0.4, -0.2) is 18.3 Å². The molecule has 0 saturated carbocycles. The van der Waals surface area contributed by atoms with E-state index in [-0.39, 0.29) is 0 Å². The first-order chi connectivity index (χ1) is 2.89. The minimum Gasteiger partial charge on any atom is -0.283 e. The predicted octanol–water partition coefficient (Wildman–Crippen LogP) is -0.178. The molecule has 0 aromatic heterocycles. The quantitative estimate of drug-likeness (QED) is 0.411. The third-order valence-corrected chi connectivity index (χ3v) is 0.753. The Balaban J connectivity index is 2.18. The number of hydrogen-bond acceptors (Lipinski definition) is 2. The molecule has 1 saturated heterocycles. The highest BCUT2D eigenvalue weighted by Crippen LogP contribution is 1.96. The van der Waals surface area contributed by atoms with Crippen molar-refractivity contribution in [3.8, 4) is 0 Å². The molecule has 0 unspecified atom stereocenters. The van der Waals surface area contributed by atoms with E-state index < -0.39 is 0 Å². The van der Waals surface area contributed by atoms with Crippen LogP contribution in [0.2, 0.25) is 0 Å². The van der Waals surface area contributed by atoms with Crippen LogP contribution in [0.1, 0.15) is 6.42 Å². The second-order valence-corrected chi connectivity index (χ2v) is 1.29. The molecule has 0 aromatic carbocycles. The lowest BCUT2D eigenvalue weighted by atomic mass is 10.5. The number of nitrogens with zero attached hydrogens (tertiary/aromatic N) is 1. The maximum Gasteiger partial charge on any atom is 0.0715 e. The highest BCUT2D eigenvalue weighted by Gasteiger charge is 2.05. The standard InChI is InChI=1S/C3H7N2O/c4-5-2-1-3-6-5/h4H,1-3H2. The number of hydroxylamine groups is 1. The van der Waals surface area contributed by atoms with E-state index in [1.165, 1.54) is 0 Å². The fourth-order valence-corrected chi connectivity index (χ4v) is 0.447. The van der Waals surface area contributed by atoms with Crippen molar-refractivity contribution < 1.29 is 4.84 Å². The van der Waals surface area contributed by atoms with Crippen LogP contribution in [0.4, 0.5) is 0 Å². The molecule has 6 heavy (non-hydrogen) atoms. The average molecular weight is 87.1 g/mol. The summed E-state index contributed by atoms with van der Waals surface area (Å²) in [5, 5.41) is 1.11. The Morgan fingerprint density at radius 3 is 2.67 bits per heavy atom. The molecule has 0 aromatic rings. The van der Waals surface area contributed by atoms with Crippen molar-refractivity contribution in [2.24, 2.45) is 0 Å². The molecule has 0 atom stereocenters. The van der Waals surface area contributed by atoms with Crippen molar-refractivity contribution in [3.05, 3.63) is 0 Å². The molecule has 0 aliphatic carbocycles. The van der Waals surface area contributed by atoms with Crippen LogP contribution < -0.4 is 5.84 Å². The summed E-state index contributed by atoms with van der Waals surface area (Å²) in [5.41, 5.74) is 0. The molecule has 0 amide bonds. The smallest absolute Gasteiger partial charge is 0.0715 e. The molecule has 1 aliphatic rings. The summed E-state index contributed by atoms with van der Waals surface area (Å²) in [6.45, 7) is 1.49. The van der Waals surface area contributed by atoms with Crippen molar-refractivity contribution in [3.63, 3.8) is 0 Å². The van der Waals surface area contributed by atoms with Crippen LogP contribution in [0.15, 0.2) is 0 Å². The van der Waals surface area contributed by atoms with Gasteiger partial charge in [-0.3, -0.25) is 4.84 Å². The van der Waals surface area contributed by atoms with Gasteiger partial charge < -0.3 is 0 Å². The third-order valence-electron chi connectivity index (χ3n) is 0.753. The van der Waals surface area contributed by atoms with Crippen LogP contribution in [0.25, 0.3) is 0 Å². The normalized spacial score (nSPS) is 25.5. The van der Waals surface area contributed by atoms with Crippen molar-refractivity contribution in [2.75, 3.05) is 13.2 Å². The van der Waals surface area contributed by atoms with Gasteiger partial charge in [-0.15, -0.1) is 5.17 Å². The number of rotatable bonds is 0. The Morgan fingerprint density at radius 2 is 2.50 bits per heavy atom. The Kier molecular flexibility index (Phi) is 1.05. The van der Waals surface area contributed by atoms with Gasteiger partial charge in [-0.25, -0.2) is 0 Å². The fourth-order valence-electron chi connectivity index (χ4n) is 0.447. The number of hydrogen-bond donors (Lipinski definition) is 0. The van der Waals surface area contributed by atoms with Gasteiger partial charge in [0.15, 0.2) is 0 Å². The van der Waals surface area contributed by atoms with E-state index >= 15 is 0 Å². The zero-order chi connectivity index (χ0) is 4.41. The molecule has 1 fully saturated rings. The van der Waals surface area contributed by atoms with Gasteiger partial charge in [0.1, 0.15) is 0 Å². The van der Waals surface area contributed by atoms with E-state index in [9.17, 15) is 0 Å². The van der Waals surface area contributed by atoms with Crippen LogP contribution >= 0.6 is 0 Å². The minimum absolute atomic E-state index is 0.726. The maximum atomic E-state index is 6.74. The Hall–Kier alpha value is -0.120. The van der Waals surface area contributed by atoms with Crippen molar-refractivity contribution in [1.82, 2.24) is 11.0 Å². The summed E-state index contributed by atoms with van der Waals surface area (Å²) in [4.78, 5) is 4.65. The highest BCUT2D eigenvalue weighted by molar-refractivity contribution is 4.42. The highest BCUT2D eigenvalue weighted by atomic mass is 16.7. The van der Waals surface area contributed by atoms with Gasteiger partial charge in [-0.1, -0.05) is 0 Å². The van der Waals surface area contributed by atoms with E-state index in [1.807, 2.05) is 0 Å². The summed E-state index contributed by atoms with van der Waals surface area (Å²) >= 11 is 0. The van der Waals surface area contributed by atoms with Gasteiger partial charge in [0.25, 0.3) is 0 Å². The van der Waals surface area contributed by atoms with Gasteiger partial charge in [-0.2, -0.15) is 5.84 Å². The van der Waals surface area contributed by atoms with E-state index in [0.717, 1.165) is 24.7 Å². The zero-order valence-electron chi connectivity index (χ0n) is 3.48. The van der Waals surface area contributed by atoms with Crippen LogP contribution in [0.3, 0.4) is 0 Å². The van der Waals surface area contributed by atoms with E-state index in [4.69, 9.17) is 5.84 Å². The second kappa shape index (κ2) is 1.55.